The molecule has 2 aromatic heterocycles. The van der Waals surface area contributed by atoms with Crippen molar-refractivity contribution >= 4 is 11.7 Å². The van der Waals surface area contributed by atoms with Crippen LogP contribution in [-0.2, 0) is 17.6 Å². The first kappa shape index (κ1) is 18.8. The highest BCUT2D eigenvalue weighted by atomic mass is 16.3. The van der Waals surface area contributed by atoms with Crippen LogP contribution in [0.15, 0.2) is 35.1 Å². The summed E-state index contributed by atoms with van der Waals surface area (Å²) in [7, 11) is 0. The van der Waals surface area contributed by atoms with Crippen molar-refractivity contribution in [1.29, 1.82) is 0 Å². The van der Waals surface area contributed by atoms with E-state index in [0.29, 0.717) is 29.3 Å². The van der Waals surface area contributed by atoms with Gasteiger partial charge in [0.2, 0.25) is 5.91 Å². The molecule has 3 aromatic rings. The summed E-state index contributed by atoms with van der Waals surface area (Å²) in [6.07, 6.45) is 0.960. The molecule has 2 heterocycles. The number of aromatic nitrogens is 4. The van der Waals surface area contributed by atoms with Crippen LogP contribution < -0.4 is 10.9 Å². The van der Waals surface area contributed by atoms with Gasteiger partial charge in [0.15, 0.2) is 0 Å². The lowest BCUT2D eigenvalue weighted by molar-refractivity contribution is -0.122. The fourth-order valence-electron chi connectivity index (χ4n) is 3.05. The number of hydrogen-bond acceptors (Lipinski definition) is 5. The van der Waals surface area contributed by atoms with Crippen LogP contribution in [0.25, 0.3) is 5.78 Å². The number of fused-ring (bicyclic) bond motifs is 1. The number of nitrogens with zero attached hydrogens (tertiary/aromatic N) is 3. The average Bonchev–Trinajstić information content (AvgIpc) is 3.02. The Labute approximate surface area is 156 Å². The van der Waals surface area contributed by atoms with Crippen molar-refractivity contribution in [3.8, 4) is 0 Å². The molecular formula is C19H23N5O3. The number of aromatic amines is 1. The predicted octanol–water partition coefficient (Wildman–Crippen LogP) is 0.687. The van der Waals surface area contributed by atoms with Gasteiger partial charge in [-0.05, 0) is 32.3 Å². The molecule has 0 aliphatic carbocycles. The zero-order chi connectivity index (χ0) is 19.4. The minimum atomic E-state index is -0.363. The van der Waals surface area contributed by atoms with Crippen LogP contribution in [-0.4, -0.2) is 43.2 Å². The van der Waals surface area contributed by atoms with Gasteiger partial charge in [0, 0.05) is 12.0 Å². The van der Waals surface area contributed by atoms with E-state index in [-0.39, 0.29) is 37.0 Å². The van der Waals surface area contributed by atoms with Crippen molar-refractivity contribution in [3.63, 3.8) is 0 Å². The molecule has 0 aliphatic heterocycles. The predicted molar refractivity (Wildman–Crippen MR) is 101 cm³/mol. The Morgan fingerprint density at radius 3 is 2.70 bits per heavy atom. The van der Waals surface area contributed by atoms with Crippen LogP contribution >= 0.6 is 0 Å². The molecule has 27 heavy (non-hydrogen) atoms. The summed E-state index contributed by atoms with van der Waals surface area (Å²) >= 11 is 0. The number of aliphatic hydroxyl groups is 1. The van der Waals surface area contributed by atoms with Crippen LogP contribution in [0.3, 0.4) is 0 Å². The standard InChI is InChI=1S/C19H23N5O3/c1-12-16(18(27)24-19(20-12)21-13(2)23-24)8-9-17(26)22-15(11-25)10-14-6-4-3-5-7-14/h3-7,15,25H,8-11H2,1-2H3,(H,22,26)(H,20,21,23). The third-order valence-corrected chi connectivity index (χ3v) is 4.42. The monoisotopic (exact) mass is 369 g/mol. The molecule has 0 aliphatic rings. The number of aryl methyl sites for hydroxylation is 2. The number of rotatable bonds is 7. The zero-order valence-electron chi connectivity index (χ0n) is 15.4. The van der Waals surface area contributed by atoms with Crippen LogP contribution in [0.1, 0.15) is 29.1 Å². The number of benzene rings is 1. The summed E-state index contributed by atoms with van der Waals surface area (Å²) in [5, 5.41) is 15.2. The molecule has 0 fully saturated rings. The molecule has 3 N–H and O–H groups in total. The number of aliphatic hydroxyl groups excluding tert-OH is 1. The molecule has 8 heteroatoms. The van der Waals surface area contributed by atoms with Crippen molar-refractivity contribution in [2.24, 2.45) is 0 Å². The average molecular weight is 369 g/mol. The highest BCUT2D eigenvalue weighted by Gasteiger charge is 2.16. The minimum absolute atomic E-state index is 0.141. The van der Waals surface area contributed by atoms with Crippen LogP contribution in [0.5, 0.6) is 0 Å². The third-order valence-electron chi connectivity index (χ3n) is 4.42. The Morgan fingerprint density at radius 2 is 2.00 bits per heavy atom. The van der Waals surface area contributed by atoms with Gasteiger partial charge in [-0.2, -0.15) is 9.50 Å². The summed E-state index contributed by atoms with van der Waals surface area (Å²) in [6.45, 7) is 3.34. The topological polar surface area (TPSA) is 112 Å². The molecule has 0 saturated carbocycles. The minimum Gasteiger partial charge on any atom is -0.394 e. The normalized spacial score (nSPS) is 12.3. The molecule has 0 saturated heterocycles. The first-order valence-corrected chi connectivity index (χ1v) is 8.87. The number of hydrogen-bond donors (Lipinski definition) is 3. The van der Waals surface area contributed by atoms with Crippen molar-refractivity contribution < 1.29 is 9.90 Å². The van der Waals surface area contributed by atoms with Gasteiger partial charge in [0.25, 0.3) is 11.3 Å². The quantitative estimate of drug-likeness (QED) is 0.567. The molecule has 1 aromatic carbocycles. The molecular weight excluding hydrogens is 346 g/mol. The molecule has 0 bridgehead atoms. The van der Waals surface area contributed by atoms with Crippen molar-refractivity contribution in [2.45, 2.75) is 39.2 Å². The molecule has 3 rings (SSSR count). The fraction of sp³-hybridized carbons (Fsp3) is 0.368. The van der Waals surface area contributed by atoms with E-state index in [1.54, 1.807) is 13.8 Å². The van der Waals surface area contributed by atoms with E-state index >= 15 is 0 Å². The molecule has 1 amide bonds. The lowest BCUT2D eigenvalue weighted by Gasteiger charge is -2.16. The summed E-state index contributed by atoms with van der Waals surface area (Å²) in [6, 6.07) is 9.30. The lowest BCUT2D eigenvalue weighted by atomic mass is 10.1. The van der Waals surface area contributed by atoms with E-state index in [2.05, 4.69) is 20.4 Å². The van der Waals surface area contributed by atoms with Crippen molar-refractivity contribution in [3.05, 3.63) is 63.3 Å². The Hall–Kier alpha value is -3.00. The number of H-pyrrole nitrogens is 1. The lowest BCUT2D eigenvalue weighted by Crippen LogP contribution is -2.39. The molecule has 0 spiro atoms. The number of carbonyl (C=O) groups is 1. The summed E-state index contributed by atoms with van der Waals surface area (Å²) < 4.78 is 1.29. The van der Waals surface area contributed by atoms with E-state index in [0.717, 1.165) is 5.56 Å². The van der Waals surface area contributed by atoms with Gasteiger partial charge >= 0.3 is 0 Å². The summed E-state index contributed by atoms with van der Waals surface area (Å²) in [5.74, 6) is 0.710. The maximum Gasteiger partial charge on any atom is 0.277 e. The van der Waals surface area contributed by atoms with Crippen LogP contribution in [0.4, 0.5) is 0 Å². The maximum atomic E-state index is 12.6. The first-order valence-electron chi connectivity index (χ1n) is 8.87. The molecule has 8 nitrogen and oxygen atoms in total. The molecule has 1 atom stereocenters. The van der Waals surface area contributed by atoms with E-state index in [4.69, 9.17) is 0 Å². The Balaban J connectivity index is 1.65. The van der Waals surface area contributed by atoms with Gasteiger partial charge in [-0.15, -0.1) is 0 Å². The zero-order valence-corrected chi connectivity index (χ0v) is 15.4. The smallest absolute Gasteiger partial charge is 0.277 e. The maximum absolute atomic E-state index is 12.6. The largest absolute Gasteiger partial charge is 0.394 e. The SMILES string of the molecule is Cc1nc2nc(C)c(CCC(=O)NC(CO)Cc3ccccc3)c(=O)n2[nH]1. The number of amides is 1. The molecule has 1 unspecified atom stereocenters. The van der Waals surface area contributed by atoms with Gasteiger partial charge in [-0.3, -0.25) is 14.7 Å². The Morgan fingerprint density at radius 1 is 1.26 bits per heavy atom. The second-order valence-corrected chi connectivity index (χ2v) is 6.56. The third kappa shape index (κ3) is 4.40. The van der Waals surface area contributed by atoms with Gasteiger partial charge in [-0.25, -0.2) is 4.98 Å². The first-order chi connectivity index (χ1) is 13.0. The second kappa shape index (κ2) is 8.13. The molecule has 142 valence electrons. The van der Waals surface area contributed by atoms with E-state index < -0.39 is 0 Å². The second-order valence-electron chi connectivity index (χ2n) is 6.56. The van der Waals surface area contributed by atoms with Crippen LogP contribution in [0.2, 0.25) is 0 Å². The van der Waals surface area contributed by atoms with Gasteiger partial charge in [0.1, 0.15) is 5.82 Å². The highest BCUT2D eigenvalue weighted by Crippen LogP contribution is 2.07. The van der Waals surface area contributed by atoms with Crippen molar-refractivity contribution in [2.75, 3.05) is 6.61 Å². The number of nitrogens with one attached hydrogen (secondary N) is 2. The summed E-state index contributed by atoms with van der Waals surface area (Å²) in [4.78, 5) is 33.3. The Bertz CT molecular complexity index is 994. The number of carbonyl (C=O) groups excluding carboxylic acids is 1. The van der Waals surface area contributed by atoms with Gasteiger partial charge in [-0.1, -0.05) is 30.3 Å². The highest BCUT2D eigenvalue weighted by molar-refractivity contribution is 5.76. The van der Waals surface area contributed by atoms with Gasteiger partial charge in [0.05, 0.1) is 18.3 Å². The van der Waals surface area contributed by atoms with Crippen LogP contribution in [0, 0.1) is 13.8 Å². The van der Waals surface area contributed by atoms with E-state index in [1.807, 2.05) is 30.3 Å². The fourth-order valence-corrected chi connectivity index (χ4v) is 3.05. The summed E-state index contributed by atoms with van der Waals surface area (Å²) in [5.41, 5.74) is 1.85. The van der Waals surface area contributed by atoms with Crippen molar-refractivity contribution in [1.82, 2.24) is 24.9 Å². The van der Waals surface area contributed by atoms with E-state index in [1.165, 1.54) is 4.52 Å². The Kier molecular flexibility index (Phi) is 5.66. The van der Waals surface area contributed by atoms with Gasteiger partial charge < -0.3 is 10.4 Å². The van der Waals surface area contributed by atoms with E-state index in [9.17, 15) is 14.7 Å². The molecule has 0 radical (unpaired) electrons.